The van der Waals surface area contributed by atoms with E-state index in [1.54, 1.807) is 6.92 Å². The van der Waals surface area contributed by atoms with Crippen molar-refractivity contribution < 1.29 is 29.2 Å². The Morgan fingerprint density at radius 3 is 2.00 bits per heavy atom. The smallest absolute Gasteiger partial charge is 0.404 e. The number of fused-ring (bicyclic) bond motifs is 1. The van der Waals surface area contributed by atoms with Gasteiger partial charge in [0, 0.05) is 0 Å². The van der Waals surface area contributed by atoms with Gasteiger partial charge in [0.15, 0.2) is 0 Å². The van der Waals surface area contributed by atoms with Crippen molar-refractivity contribution in [2.45, 2.75) is 31.3 Å². The van der Waals surface area contributed by atoms with E-state index in [0.29, 0.717) is 6.61 Å². The fourth-order valence-electron chi connectivity index (χ4n) is 1.60. The van der Waals surface area contributed by atoms with Crippen LogP contribution in [0, 0.1) is 0 Å². The predicted molar refractivity (Wildman–Crippen MR) is 52.7 cm³/mol. The highest BCUT2D eigenvalue weighted by Gasteiger charge is 2.46. The van der Waals surface area contributed by atoms with E-state index in [-0.39, 0.29) is 25.4 Å². The van der Waals surface area contributed by atoms with E-state index in [1.807, 2.05) is 0 Å². The van der Waals surface area contributed by atoms with Gasteiger partial charge in [-0.2, -0.15) is 0 Å². The van der Waals surface area contributed by atoms with Gasteiger partial charge in [-0.3, -0.25) is 0 Å². The lowest BCUT2D eigenvalue weighted by Crippen LogP contribution is -2.30. The third-order valence-electron chi connectivity index (χ3n) is 2.29. The fourth-order valence-corrected chi connectivity index (χ4v) is 1.60. The van der Waals surface area contributed by atoms with Gasteiger partial charge in [-0.1, -0.05) is 0 Å². The zero-order chi connectivity index (χ0) is 12.1. The highest BCUT2D eigenvalue weighted by molar-refractivity contribution is 5.64. The van der Waals surface area contributed by atoms with Gasteiger partial charge < -0.3 is 30.2 Å². The Morgan fingerprint density at radius 1 is 1.31 bits per heavy atom. The van der Waals surface area contributed by atoms with Crippen LogP contribution in [0.25, 0.3) is 0 Å². The normalized spacial score (nSPS) is 36.2. The Labute approximate surface area is 93.1 Å². The predicted octanol–water partition coefficient (Wildman–Crippen LogP) is -1.39. The second-order valence-corrected chi connectivity index (χ2v) is 3.48. The van der Waals surface area contributed by atoms with Gasteiger partial charge in [0.05, 0.1) is 19.8 Å². The van der Waals surface area contributed by atoms with Crippen molar-refractivity contribution in [1.82, 2.24) is 0 Å². The molecule has 94 valence electrons. The number of aliphatic hydroxyl groups excluding tert-OH is 2. The second kappa shape index (κ2) is 6.00. The number of aliphatic hydroxyl groups is 2. The average molecular weight is 235 g/mol. The third-order valence-corrected chi connectivity index (χ3v) is 2.29. The summed E-state index contributed by atoms with van der Waals surface area (Å²) in [4.78, 5) is 9.60. The monoisotopic (exact) mass is 235 g/mol. The maximum atomic E-state index is 9.60. The molecule has 0 radical (unpaired) electrons. The molecule has 2 fully saturated rings. The Hall–Kier alpha value is -0.890. The molecule has 0 spiro atoms. The summed E-state index contributed by atoms with van der Waals surface area (Å²) in [6, 6.07) is 0. The van der Waals surface area contributed by atoms with Crippen LogP contribution in [0.3, 0.4) is 0 Å². The van der Waals surface area contributed by atoms with E-state index < -0.39 is 18.3 Å². The van der Waals surface area contributed by atoms with Gasteiger partial charge in [-0.15, -0.1) is 0 Å². The summed E-state index contributed by atoms with van der Waals surface area (Å²) in [6.45, 7) is 2.62. The molecule has 7 nitrogen and oxygen atoms in total. The number of carbonyl (C=O) groups is 1. The Balaban J connectivity index is 0.000000187. The van der Waals surface area contributed by atoms with Crippen molar-refractivity contribution in [2.75, 3.05) is 19.8 Å². The first kappa shape index (κ1) is 13.2. The molecule has 1 amide bonds. The van der Waals surface area contributed by atoms with E-state index >= 15 is 0 Å². The molecule has 2 aliphatic rings. The molecule has 0 aromatic heterocycles. The molecule has 0 aromatic carbocycles. The molecule has 2 heterocycles. The number of hydrogen-bond acceptors (Lipinski definition) is 6. The summed E-state index contributed by atoms with van der Waals surface area (Å²) in [5, 5.41) is 18.3. The van der Waals surface area contributed by atoms with Crippen molar-refractivity contribution in [3.8, 4) is 0 Å². The molecule has 0 saturated carbocycles. The summed E-state index contributed by atoms with van der Waals surface area (Å²) in [5.41, 5.74) is 4.54. The SMILES string of the molecule is CCOC(N)=O.O[C@@H]1CO[C@H]2[C@@H]1OC[C@@H]2O. The number of ether oxygens (including phenoxy) is 3. The minimum absolute atomic E-state index is 0.284. The Morgan fingerprint density at radius 2 is 1.75 bits per heavy atom. The summed E-state index contributed by atoms with van der Waals surface area (Å²) in [5.74, 6) is 0. The standard InChI is InChI=1S/C6H10O4.C3H7NO2/c7-3-1-9-6-4(8)2-10-5(3)6;1-2-6-3(4)5/h3-8H,1-2H2;2H2,1H3,(H2,4,5)/t3-,4+,5-,6-;/m1./s1. The van der Waals surface area contributed by atoms with Gasteiger partial charge in [0.2, 0.25) is 0 Å². The largest absolute Gasteiger partial charge is 0.450 e. The minimum Gasteiger partial charge on any atom is -0.450 e. The molecule has 7 heteroatoms. The van der Waals surface area contributed by atoms with Crippen molar-refractivity contribution in [3.63, 3.8) is 0 Å². The molecule has 4 atom stereocenters. The summed E-state index contributed by atoms with van der Waals surface area (Å²) >= 11 is 0. The van der Waals surface area contributed by atoms with Crippen LogP contribution in [-0.4, -0.2) is 60.5 Å². The van der Waals surface area contributed by atoms with Gasteiger partial charge in [-0.25, -0.2) is 4.79 Å². The first-order chi connectivity index (χ1) is 7.56. The number of carbonyl (C=O) groups excluding carboxylic acids is 1. The molecule has 2 rings (SSSR count). The number of hydrogen-bond donors (Lipinski definition) is 3. The van der Waals surface area contributed by atoms with Crippen LogP contribution < -0.4 is 5.73 Å². The zero-order valence-electron chi connectivity index (χ0n) is 9.04. The lowest BCUT2D eigenvalue weighted by molar-refractivity contribution is 0.00205. The molecular formula is C9H17NO6. The van der Waals surface area contributed by atoms with Crippen LogP contribution in [0.2, 0.25) is 0 Å². The summed E-state index contributed by atoms with van der Waals surface area (Å²) < 4.78 is 14.3. The maximum absolute atomic E-state index is 9.60. The molecule has 0 aliphatic carbocycles. The van der Waals surface area contributed by atoms with Crippen LogP contribution in [0.1, 0.15) is 6.92 Å². The molecule has 0 unspecified atom stereocenters. The first-order valence-electron chi connectivity index (χ1n) is 5.07. The van der Waals surface area contributed by atoms with E-state index in [1.165, 1.54) is 0 Å². The van der Waals surface area contributed by atoms with Crippen molar-refractivity contribution in [3.05, 3.63) is 0 Å². The first-order valence-corrected chi connectivity index (χ1v) is 5.07. The van der Waals surface area contributed by atoms with Crippen LogP contribution in [0.4, 0.5) is 4.79 Å². The van der Waals surface area contributed by atoms with Crippen molar-refractivity contribution in [1.29, 1.82) is 0 Å². The number of primary amides is 1. The maximum Gasteiger partial charge on any atom is 0.404 e. The molecule has 2 aliphatic heterocycles. The molecule has 4 N–H and O–H groups in total. The van der Waals surface area contributed by atoms with E-state index in [4.69, 9.17) is 19.7 Å². The second-order valence-electron chi connectivity index (χ2n) is 3.48. The van der Waals surface area contributed by atoms with E-state index in [2.05, 4.69) is 10.5 Å². The fraction of sp³-hybridized carbons (Fsp3) is 0.889. The highest BCUT2D eigenvalue weighted by atomic mass is 16.6. The lowest BCUT2D eigenvalue weighted by atomic mass is 10.1. The van der Waals surface area contributed by atoms with Gasteiger partial charge >= 0.3 is 6.09 Å². The highest BCUT2D eigenvalue weighted by Crippen LogP contribution is 2.26. The molecule has 16 heavy (non-hydrogen) atoms. The lowest BCUT2D eigenvalue weighted by Gasteiger charge is -2.09. The topological polar surface area (TPSA) is 111 Å². The van der Waals surface area contributed by atoms with Crippen LogP contribution in [-0.2, 0) is 14.2 Å². The van der Waals surface area contributed by atoms with E-state index in [9.17, 15) is 4.79 Å². The minimum atomic E-state index is -0.711. The molecule has 2 saturated heterocycles. The Kier molecular flexibility index (Phi) is 4.94. The van der Waals surface area contributed by atoms with Gasteiger partial charge in [-0.05, 0) is 6.92 Å². The van der Waals surface area contributed by atoms with Crippen molar-refractivity contribution in [2.24, 2.45) is 5.73 Å². The van der Waals surface area contributed by atoms with Crippen LogP contribution in [0.15, 0.2) is 0 Å². The van der Waals surface area contributed by atoms with Crippen molar-refractivity contribution >= 4 is 6.09 Å². The number of amides is 1. The Bertz CT molecular complexity index is 220. The number of rotatable bonds is 1. The van der Waals surface area contributed by atoms with Gasteiger partial charge in [0.1, 0.15) is 24.4 Å². The molecule has 0 bridgehead atoms. The third kappa shape index (κ3) is 3.31. The van der Waals surface area contributed by atoms with Gasteiger partial charge in [0.25, 0.3) is 0 Å². The van der Waals surface area contributed by atoms with Crippen LogP contribution in [0.5, 0.6) is 0 Å². The zero-order valence-corrected chi connectivity index (χ0v) is 9.04. The molecular weight excluding hydrogens is 218 g/mol. The quantitative estimate of drug-likeness (QED) is 0.516. The van der Waals surface area contributed by atoms with E-state index in [0.717, 1.165) is 0 Å². The molecule has 0 aromatic rings. The number of nitrogens with two attached hydrogens (primary N) is 1. The van der Waals surface area contributed by atoms with Crippen LogP contribution >= 0.6 is 0 Å². The average Bonchev–Trinajstić information content (AvgIpc) is 2.73. The summed E-state index contributed by atoms with van der Waals surface area (Å²) in [6.07, 6.45) is -2.41. The summed E-state index contributed by atoms with van der Waals surface area (Å²) in [7, 11) is 0.